The average Bonchev–Trinajstić information content (AvgIpc) is 2.59. The van der Waals surface area contributed by atoms with Gasteiger partial charge in [0, 0.05) is 5.41 Å². The molecule has 0 radical (unpaired) electrons. The van der Waals surface area contributed by atoms with E-state index in [4.69, 9.17) is 0 Å². The van der Waals surface area contributed by atoms with Crippen LogP contribution in [0.5, 0.6) is 0 Å². The van der Waals surface area contributed by atoms with Crippen molar-refractivity contribution in [3.8, 4) is 0 Å². The first-order valence-electron chi connectivity index (χ1n) is 7.09. The smallest absolute Gasteiger partial charge is 0.00194 e. The lowest BCUT2D eigenvalue weighted by Gasteiger charge is -2.08. The second-order valence-electron chi connectivity index (χ2n) is 4.16. The Balaban J connectivity index is -0.000000274. The Morgan fingerprint density at radius 3 is 1.61 bits per heavy atom. The molecule has 106 valence electrons. The van der Waals surface area contributed by atoms with E-state index in [1.165, 1.54) is 11.1 Å². The Kier molecular flexibility index (Phi) is 17.3. The summed E-state index contributed by atoms with van der Waals surface area (Å²) in [7, 11) is 0. The van der Waals surface area contributed by atoms with E-state index >= 15 is 0 Å². The highest BCUT2D eigenvalue weighted by Gasteiger charge is 2.18. The first kappa shape index (κ1) is 22.2. The fraction of sp³-hybridized carbons (Fsp3) is 0.556. The predicted molar refractivity (Wildman–Crippen MR) is 89.0 cm³/mol. The van der Waals surface area contributed by atoms with Gasteiger partial charge in [0.25, 0.3) is 0 Å². The number of hydrogen-bond acceptors (Lipinski definition) is 0. The van der Waals surface area contributed by atoms with Gasteiger partial charge < -0.3 is 0 Å². The molecule has 0 aromatic carbocycles. The standard InChI is InChI=1S/C11H16.C3H6.2C2H6/c1-5-6-10-8-11(3,4)7-9(10)2;1-3-2;2*1-2/h5-8H,1-4H3;3H,1H2,2H3;2*1-2H3/b6-5-;;;. The van der Waals surface area contributed by atoms with Crippen molar-refractivity contribution < 1.29 is 0 Å². The molecule has 0 aliphatic heterocycles. The fourth-order valence-corrected chi connectivity index (χ4v) is 1.56. The van der Waals surface area contributed by atoms with Gasteiger partial charge in [-0.1, -0.05) is 71.9 Å². The van der Waals surface area contributed by atoms with Crippen LogP contribution in [0.1, 0.15) is 62.3 Å². The minimum atomic E-state index is 0.263. The van der Waals surface area contributed by atoms with Crippen molar-refractivity contribution >= 4 is 0 Å². The monoisotopic (exact) mass is 250 g/mol. The zero-order valence-corrected chi connectivity index (χ0v) is 14.1. The molecule has 0 bridgehead atoms. The number of rotatable bonds is 1. The topological polar surface area (TPSA) is 0 Å². The summed E-state index contributed by atoms with van der Waals surface area (Å²) in [6.07, 6.45) is 10.6. The molecule has 0 atom stereocenters. The van der Waals surface area contributed by atoms with Gasteiger partial charge in [-0.15, -0.1) is 6.58 Å². The summed E-state index contributed by atoms with van der Waals surface area (Å²) >= 11 is 0. The summed E-state index contributed by atoms with van der Waals surface area (Å²) in [6.45, 7) is 21.9. The number of allylic oxidation sites excluding steroid dienone is 7. The molecule has 0 saturated heterocycles. The van der Waals surface area contributed by atoms with Crippen molar-refractivity contribution in [1.82, 2.24) is 0 Å². The van der Waals surface area contributed by atoms with Crippen LogP contribution in [0.2, 0.25) is 0 Å². The first-order valence-corrected chi connectivity index (χ1v) is 7.09. The average molecular weight is 250 g/mol. The molecule has 0 fully saturated rings. The van der Waals surface area contributed by atoms with Gasteiger partial charge in [0.15, 0.2) is 0 Å². The molecule has 0 aromatic rings. The lowest BCUT2D eigenvalue weighted by Crippen LogP contribution is -1.97. The van der Waals surface area contributed by atoms with E-state index in [-0.39, 0.29) is 5.41 Å². The van der Waals surface area contributed by atoms with E-state index in [1.54, 1.807) is 6.08 Å². The van der Waals surface area contributed by atoms with Crippen LogP contribution in [-0.2, 0) is 0 Å². The van der Waals surface area contributed by atoms with E-state index < -0.39 is 0 Å². The quantitative estimate of drug-likeness (QED) is 0.453. The number of hydrogen-bond donors (Lipinski definition) is 0. The molecule has 0 heteroatoms. The molecule has 18 heavy (non-hydrogen) atoms. The van der Waals surface area contributed by atoms with Gasteiger partial charge in [-0.25, -0.2) is 0 Å². The van der Waals surface area contributed by atoms with E-state index in [1.807, 2.05) is 34.6 Å². The molecule has 0 nitrogen and oxygen atoms in total. The van der Waals surface area contributed by atoms with Crippen molar-refractivity contribution in [2.24, 2.45) is 5.41 Å². The van der Waals surface area contributed by atoms with Crippen molar-refractivity contribution in [3.05, 3.63) is 48.1 Å². The van der Waals surface area contributed by atoms with Crippen LogP contribution in [0, 0.1) is 5.41 Å². The molecule has 0 aromatic heterocycles. The predicted octanol–water partition coefficient (Wildman–Crippen LogP) is 6.72. The zero-order valence-electron chi connectivity index (χ0n) is 14.1. The summed E-state index contributed by atoms with van der Waals surface area (Å²) < 4.78 is 0. The van der Waals surface area contributed by atoms with Gasteiger partial charge in [0.05, 0.1) is 0 Å². The molecule has 0 spiro atoms. The van der Waals surface area contributed by atoms with Gasteiger partial charge in [0.1, 0.15) is 0 Å². The van der Waals surface area contributed by atoms with Crippen LogP contribution in [0.25, 0.3) is 0 Å². The maximum atomic E-state index is 3.36. The van der Waals surface area contributed by atoms with Crippen molar-refractivity contribution in [1.29, 1.82) is 0 Å². The molecular formula is C18H34. The molecule has 0 heterocycles. The third-order valence-electron chi connectivity index (χ3n) is 1.92. The van der Waals surface area contributed by atoms with Crippen LogP contribution < -0.4 is 0 Å². The fourth-order valence-electron chi connectivity index (χ4n) is 1.56. The molecule has 1 aliphatic rings. The maximum Gasteiger partial charge on any atom is 0.00194 e. The SMILES string of the molecule is C/C=C\C1=CC(C)(C)C=C1C.C=CC.CC.CC. The Labute approximate surface area is 116 Å². The van der Waals surface area contributed by atoms with Gasteiger partial charge in [-0.05, 0) is 31.9 Å². The molecule has 1 aliphatic carbocycles. The largest absolute Gasteiger partial charge is 0.103 e. The van der Waals surface area contributed by atoms with Gasteiger partial charge in [0.2, 0.25) is 0 Å². The van der Waals surface area contributed by atoms with Crippen molar-refractivity contribution in [3.63, 3.8) is 0 Å². The van der Waals surface area contributed by atoms with E-state index in [9.17, 15) is 0 Å². The van der Waals surface area contributed by atoms with Gasteiger partial charge in [-0.2, -0.15) is 0 Å². The molecule has 0 amide bonds. The molecule has 0 unspecified atom stereocenters. The maximum absolute atomic E-state index is 3.36. The second kappa shape index (κ2) is 14.0. The van der Waals surface area contributed by atoms with Crippen LogP contribution >= 0.6 is 0 Å². The van der Waals surface area contributed by atoms with Crippen LogP contribution in [0.3, 0.4) is 0 Å². The summed E-state index contributed by atoms with van der Waals surface area (Å²) in [5.41, 5.74) is 3.03. The van der Waals surface area contributed by atoms with Gasteiger partial charge in [-0.3, -0.25) is 0 Å². The normalized spacial score (nSPS) is 14.9. The van der Waals surface area contributed by atoms with E-state index in [0.29, 0.717) is 0 Å². The first-order chi connectivity index (χ1) is 8.46. The summed E-state index contributed by atoms with van der Waals surface area (Å²) in [5.74, 6) is 0. The van der Waals surface area contributed by atoms with Crippen LogP contribution in [0.4, 0.5) is 0 Å². The third kappa shape index (κ3) is 11.4. The van der Waals surface area contributed by atoms with Crippen LogP contribution in [0.15, 0.2) is 48.1 Å². The van der Waals surface area contributed by atoms with Gasteiger partial charge >= 0.3 is 0 Å². The minimum absolute atomic E-state index is 0.263. The Bertz CT molecular complexity index is 272. The lowest BCUT2D eigenvalue weighted by atomic mass is 9.96. The highest BCUT2D eigenvalue weighted by molar-refractivity contribution is 5.46. The van der Waals surface area contributed by atoms with E-state index in [2.05, 4.69) is 58.6 Å². The Morgan fingerprint density at radius 1 is 1.00 bits per heavy atom. The van der Waals surface area contributed by atoms with Crippen molar-refractivity contribution in [2.75, 3.05) is 0 Å². The Morgan fingerprint density at radius 2 is 1.39 bits per heavy atom. The Hall–Kier alpha value is -1.04. The van der Waals surface area contributed by atoms with Crippen LogP contribution in [-0.4, -0.2) is 0 Å². The summed E-state index contributed by atoms with van der Waals surface area (Å²) in [4.78, 5) is 0. The molecular weight excluding hydrogens is 216 g/mol. The highest BCUT2D eigenvalue weighted by Crippen LogP contribution is 2.33. The highest BCUT2D eigenvalue weighted by atomic mass is 14.2. The molecule has 1 rings (SSSR count). The summed E-state index contributed by atoms with van der Waals surface area (Å²) in [5, 5.41) is 0. The second-order valence-corrected chi connectivity index (χ2v) is 4.16. The van der Waals surface area contributed by atoms with E-state index in [0.717, 1.165) is 0 Å². The summed E-state index contributed by atoms with van der Waals surface area (Å²) in [6, 6.07) is 0. The van der Waals surface area contributed by atoms with Crippen molar-refractivity contribution in [2.45, 2.75) is 62.3 Å². The molecule has 0 saturated carbocycles. The lowest BCUT2D eigenvalue weighted by molar-refractivity contribution is 0.634. The third-order valence-corrected chi connectivity index (χ3v) is 1.92. The minimum Gasteiger partial charge on any atom is -0.103 e. The zero-order chi connectivity index (χ0) is 15.2. The molecule has 0 N–H and O–H groups in total.